The quantitative estimate of drug-likeness (QED) is 0.385. The maximum Gasteiger partial charge on any atom is 0.281 e. The second kappa shape index (κ2) is 6.93. The van der Waals surface area contributed by atoms with E-state index in [2.05, 4.69) is 5.32 Å². The van der Waals surface area contributed by atoms with Crippen molar-refractivity contribution in [1.29, 1.82) is 0 Å². The summed E-state index contributed by atoms with van der Waals surface area (Å²) in [6, 6.07) is 11.1. The highest BCUT2D eigenvalue weighted by Crippen LogP contribution is 2.28. The van der Waals surface area contributed by atoms with Crippen LogP contribution in [0.4, 0.5) is 11.4 Å². The van der Waals surface area contributed by atoms with Crippen molar-refractivity contribution in [2.75, 3.05) is 4.90 Å². The van der Waals surface area contributed by atoms with Crippen LogP contribution < -0.4 is 15.3 Å². The van der Waals surface area contributed by atoms with Gasteiger partial charge in [0.05, 0.1) is 10.6 Å². The summed E-state index contributed by atoms with van der Waals surface area (Å²) in [5, 5.41) is 25.5. The molecule has 26 heavy (non-hydrogen) atoms. The summed E-state index contributed by atoms with van der Waals surface area (Å²) < 4.78 is 0. The number of aryl methyl sites for hydroxylation is 1. The first-order valence-electron chi connectivity index (χ1n) is 7.83. The van der Waals surface area contributed by atoms with Crippen molar-refractivity contribution in [1.82, 2.24) is 5.32 Å². The highest BCUT2D eigenvalue weighted by Gasteiger charge is 2.33. The van der Waals surface area contributed by atoms with Gasteiger partial charge in [-0.05, 0) is 47.7 Å². The number of hydrogen-bond acceptors (Lipinski definition) is 5. The van der Waals surface area contributed by atoms with Gasteiger partial charge in [-0.3, -0.25) is 19.8 Å². The number of nitrogens with one attached hydrogen (secondary N) is 1. The first kappa shape index (κ1) is 17.6. The molecule has 1 N–H and O–H groups in total. The zero-order chi connectivity index (χ0) is 18.8. The molecule has 7 nitrogen and oxygen atoms in total. The monoisotopic (exact) mass is 368 g/mol. The predicted octanol–water partition coefficient (Wildman–Crippen LogP) is 2.49. The molecular weight excluding hydrogens is 354 g/mol. The zero-order valence-corrected chi connectivity index (χ0v) is 14.6. The molecule has 1 amide bonds. The van der Waals surface area contributed by atoms with Crippen LogP contribution in [0.25, 0.3) is 6.08 Å². The van der Waals surface area contributed by atoms with Crippen LogP contribution in [-0.4, -0.2) is 15.9 Å². The summed E-state index contributed by atoms with van der Waals surface area (Å²) in [6.45, 7) is 1.98. The lowest BCUT2D eigenvalue weighted by Gasteiger charge is -2.17. The normalized spacial score (nSPS) is 15.4. The Labute approximate surface area is 154 Å². The first-order valence-corrected chi connectivity index (χ1v) is 8.23. The van der Waals surface area contributed by atoms with Gasteiger partial charge in [0.15, 0.2) is 5.11 Å². The molecule has 1 heterocycles. The fourth-order valence-corrected chi connectivity index (χ4v) is 3.01. The Morgan fingerprint density at radius 2 is 2.00 bits per heavy atom. The minimum Gasteiger partial charge on any atom is -0.868 e. The number of rotatable bonds is 4. The second-order valence-corrected chi connectivity index (χ2v) is 5.98. The van der Waals surface area contributed by atoms with E-state index in [1.165, 1.54) is 17.0 Å². The van der Waals surface area contributed by atoms with Gasteiger partial charge < -0.3 is 10.4 Å². The molecule has 0 atom stereocenters. The maximum absolute atomic E-state index is 12.8. The zero-order valence-electron chi connectivity index (χ0n) is 13.8. The Hall–Kier alpha value is -3.26. The van der Waals surface area contributed by atoms with E-state index < -0.39 is 16.4 Å². The van der Waals surface area contributed by atoms with Gasteiger partial charge in [-0.2, -0.15) is 0 Å². The number of benzene rings is 2. The van der Waals surface area contributed by atoms with Crippen molar-refractivity contribution in [2.24, 2.45) is 0 Å². The van der Waals surface area contributed by atoms with E-state index in [0.717, 1.165) is 24.1 Å². The third-order valence-electron chi connectivity index (χ3n) is 3.98. The summed E-state index contributed by atoms with van der Waals surface area (Å²) in [7, 11) is 0. The van der Waals surface area contributed by atoms with Crippen LogP contribution in [0.3, 0.4) is 0 Å². The summed E-state index contributed by atoms with van der Waals surface area (Å²) in [6.07, 6.45) is 2.18. The van der Waals surface area contributed by atoms with E-state index in [9.17, 15) is 20.0 Å². The Bertz CT molecular complexity index is 955. The molecule has 0 spiro atoms. The van der Waals surface area contributed by atoms with Crippen LogP contribution in [-0.2, 0) is 11.2 Å². The van der Waals surface area contributed by atoms with Crippen LogP contribution in [0.2, 0.25) is 0 Å². The largest absolute Gasteiger partial charge is 0.868 e. The molecule has 0 radical (unpaired) electrons. The fraction of sp³-hybridized carbons (Fsp3) is 0.111. The molecule has 8 heteroatoms. The van der Waals surface area contributed by atoms with Crippen LogP contribution in [0.5, 0.6) is 5.75 Å². The van der Waals surface area contributed by atoms with Crippen molar-refractivity contribution >= 4 is 40.7 Å². The van der Waals surface area contributed by atoms with Gasteiger partial charge in [-0.1, -0.05) is 37.3 Å². The maximum atomic E-state index is 12.8. The van der Waals surface area contributed by atoms with Gasteiger partial charge in [-0.15, -0.1) is 0 Å². The van der Waals surface area contributed by atoms with Crippen molar-refractivity contribution in [3.05, 3.63) is 69.4 Å². The van der Waals surface area contributed by atoms with E-state index in [-0.39, 0.29) is 16.7 Å². The Morgan fingerprint density at radius 1 is 1.27 bits per heavy atom. The van der Waals surface area contributed by atoms with Crippen LogP contribution in [0, 0.1) is 10.1 Å². The average molecular weight is 368 g/mol. The number of carbonyl (C=O) groups excluding carboxylic acids is 1. The molecule has 132 valence electrons. The Kier molecular flexibility index (Phi) is 4.68. The van der Waals surface area contributed by atoms with E-state index in [0.29, 0.717) is 11.3 Å². The lowest BCUT2D eigenvalue weighted by atomic mass is 10.1. The van der Waals surface area contributed by atoms with E-state index >= 15 is 0 Å². The Balaban J connectivity index is 1.98. The highest BCUT2D eigenvalue weighted by atomic mass is 32.1. The number of hydrogen-bond donors (Lipinski definition) is 1. The molecular formula is C18H14N3O4S-. The second-order valence-electron chi connectivity index (χ2n) is 5.60. The molecule has 0 bridgehead atoms. The van der Waals surface area contributed by atoms with Crippen LogP contribution in [0.1, 0.15) is 18.1 Å². The minimum atomic E-state index is -0.747. The van der Waals surface area contributed by atoms with E-state index in [1.54, 1.807) is 0 Å². The molecule has 1 saturated heterocycles. The number of amides is 1. The number of anilines is 1. The van der Waals surface area contributed by atoms with Crippen molar-refractivity contribution in [3.63, 3.8) is 0 Å². The molecule has 1 aliphatic rings. The van der Waals surface area contributed by atoms with Gasteiger partial charge in [0.25, 0.3) is 11.6 Å². The minimum absolute atomic E-state index is 0.189. The topological polar surface area (TPSA) is 98.5 Å². The molecule has 3 rings (SSSR count). The third-order valence-corrected chi connectivity index (χ3v) is 4.27. The molecule has 0 unspecified atom stereocenters. The van der Waals surface area contributed by atoms with E-state index in [4.69, 9.17) is 12.2 Å². The summed E-state index contributed by atoms with van der Waals surface area (Å²) in [5.74, 6) is -1.04. The molecule has 0 aromatic heterocycles. The summed E-state index contributed by atoms with van der Waals surface area (Å²) in [4.78, 5) is 24.3. The highest BCUT2D eigenvalue weighted by molar-refractivity contribution is 7.80. The molecule has 2 aromatic carbocycles. The number of carbonyl (C=O) groups is 1. The predicted molar refractivity (Wildman–Crippen MR) is 99.6 cm³/mol. The standard InChI is InChI=1S/C18H15N3O4S/c1-2-12-5-3-4-6-14(12)20-17(23)13(19-18(20)26)9-11-7-8-16(22)15(10-11)21(24)25/h3-10,22H,2H2,1H3,(H,19,26)/p-1/b13-9+. The number of para-hydroxylation sites is 1. The smallest absolute Gasteiger partial charge is 0.281 e. The van der Waals surface area contributed by atoms with Crippen molar-refractivity contribution in [2.45, 2.75) is 13.3 Å². The number of nitrogens with zero attached hydrogens (tertiary/aromatic N) is 2. The Morgan fingerprint density at radius 3 is 2.69 bits per heavy atom. The van der Waals surface area contributed by atoms with Crippen molar-refractivity contribution in [3.8, 4) is 5.75 Å². The molecule has 0 aliphatic carbocycles. The van der Waals surface area contributed by atoms with Gasteiger partial charge in [0, 0.05) is 6.07 Å². The molecule has 0 saturated carbocycles. The number of thiocarbonyl (C=S) groups is 1. The average Bonchev–Trinajstić information content (AvgIpc) is 2.89. The number of nitro groups is 1. The van der Waals surface area contributed by atoms with Crippen LogP contribution >= 0.6 is 12.2 Å². The van der Waals surface area contributed by atoms with Crippen molar-refractivity contribution < 1.29 is 14.8 Å². The van der Waals surface area contributed by atoms with Gasteiger partial charge in [0.1, 0.15) is 5.70 Å². The van der Waals surface area contributed by atoms with Gasteiger partial charge in [-0.25, -0.2) is 0 Å². The first-order chi connectivity index (χ1) is 12.4. The van der Waals surface area contributed by atoms with E-state index in [1.807, 2.05) is 31.2 Å². The number of nitro benzene ring substituents is 1. The van der Waals surface area contributed by atoms with Gasteiger partial charge in [0.2, 0.25) is 0 Å². The van der Waals surface area contributed by atoms with Crippen LogP contribution in [0.15, 0.2) is 48.2 Å². The SMILES string of the molecule is CCc1ccccc1N1C(=O)/C(=C\c2ccc([O-])c([N+](=O)[O-])c2)NC1=S. The third kappa shape index (κ3) is 3.14. The van der Waals surface area contributed by atoms with Gasteiger partial charge >= 0.3 is 0 Å². The molecule has 1 fully saturated rings. The molecule has 1 aliphatic heterocycles. The lowest BCUT2D eigenvalue weighted by Crippen LogP contribution is -2.31. The summed E-state index contributed by atoms with van der Waals surface area (Å²) in [5.41, 5.74) is 1.68. The fourth-order valence-electron chi connectivity index (χ4n) is 2.72. The molecule has 2 aromatic rings. The summed E-state index contributed by atoms with van der Waals surface area (Å²) >= 11 is 5.28. The lowest BCUT2D eigenvalue weighted by molar-refractivity contribution is -0.398.